The molecule has 2 nitrogen and oxygen atoms in total. The summed E-state index contributed by atoms with van der Waals surface area (Å²) in [6, 6.07) is 7.93. The minimum absolute atomic E-state index is 0.123. The fourth-order valence-corrected chi connectivity index (χ4v) is 1.83. The van der Waals surface area contributed by atoms with Gasteiger partial charge in [0.15, 0.2) is 0 Å². The third-order valence-electron chi connectivity index (χ3n) is 2.91. The Bertz CT molecular complexity index is 358. The summed E-state index contributed by atoms with van der Waals surface area (Å²) in [5.41, 5.74) is 2.20. The van der Waals surface area contributed by atoms with Crippen molar-refractivity contribution >= 4 is 5.97 Å². The zero-order valence-electron chi connectivity index (χ0n) is 11.0. The molecule has 0 spiro atoms. The van der Waals surface area contributed by atoms with Gasteiger partial charge in [0, 0.05) is 0 Å². The van der Waals surface area contributed by atoms with E-state index in [1.807, 2.05) is 31.2 Å². The van der Waals surface area contributed by atoms with Crippen LogP contribution in [0.4, 0.5) is 0 Å². The lowest BCUT2D eigenvalue weighted by Gasteiger charge is -2.11. The number of carbonyl (C=O) groups is 1. The maximum atomic E-state index is 11.7. The number of ether oxygens (including phenoxy) is 1. The molecule has 1 rings (SSSR count). The lowest BCUT2D eigenvalue weighted by atomic mass is 10.1. The number of benzene rings is 1. The van der Waals surface area contributed by atoms with Crippen LogP contribution in [0.2, 0.25) is 0 Å². The van der Waals surface area contributed by atoms with Gasteiger partial charge in [-0.3, -0.25) is 4.79 Å². The van der Waals surface area contributed by atoms with Crippen LogP contribution in [0.1, 0.15) is 37.8 Å². The molecule has 1 atom stereocenters. The van der Waals surface area contributed by atoms with E-state index in [0.29, 0.717) is 18.9 Å². The number of hydrogen-bond donors (Lipinski definition) is 0. The molecule has 0 fully saturated rings. The Kier molecular flexibility index (Phi) is 5.75. The molecule has 0 amide bonds. The Morgan fingerprint density at radius 3 is 2.71 bits per heavy atom. The molecule has 0 saturated carbocycles. The maximum Gasteiger partial charge on any atom is 0.310 e. The summed E-state index contributed by atoms with van der Waals surface area (Å²) in [7, 11) is 0. The molecular weight excluding hydrogens is 212 g/mol. The van der Waals surface area contributed by atoms with Gasteiger partial charge < -0.3 is 4.74 Å². The Hall–Kier alpha value is -1.31. The molecule has 0 aliphatic heterocycles. The maximum absolute atomic E-state index is 11.7. The quantitative estimate of drug-likeness (QED) is 0.704. The third-order valence-corrected chi connectivity index (χ3v) is 2.91. The lowest BCUT2D eigenvalue weighted by molar-refractivity contribution is -0.144. The SMILES string of the molecule is CCCC(C)COC(=O)Cc1ccccc1C. The van der Waals surface area contributed by atoms with Crippen LogP contribution in [0.3, 0.4) is 0 Å². The molecule has 1 aromatic rings. The average Bonchev–Trinajstić information content (AvgIpc) is 2.30. The van der Waals surface area contributed by atoms with Gasteiger partial charge in [-0.1, -0.05) is 44.5 Å². The molecule has 0 saturated heterocycles. The van der Waals surface area contributed by atoms with E-state index in [-0.39, 0.29) is 5.97 Å². The largest absolute Gasteiger partial charge is 0.465 e. The van der Waals surface area contributed by atoms with Crippen LogP contribution >= 0.6 is 0 Å². The topological polar surface area (TPSA) is 26.3 Å². The summed E-state index contributed by atoms with van der Waals surface area (Å²) in [5.74, 6) is 0.336. The minimum atomic E-state index is -0.123. The van der Waals surface area contributed by atoms with Crippen LogP contribution in [-0.2, 0) is 16.0 Å². The molecule has 0 aromatic heterocycles. The summed E-state index contributed by atoms with van der Waals surface area (Å²) in [4.78, 5) is 11.7. The highest BCUT2D eigenvalue weighted by Crippen LogP contribution is 2.10. The Morgan fingerprint density at radius 2 is 2.06 bits per heavy atom. The van der Waals surface area contributed by atoms with Gasteiger partial charge in [-0.2, -0.15) is 0 Å². The molecule has 0 bridgehead atoms. The molecule has 0 N–H and O–H groups in total. The van der Waals surface area contributed by atoms with Gasteiger partial charge in [0.1, 0.15) is 0 Å². The van der Waals surface area contributed by atoms with Crippen molar-refractivity contribution in [1.82, 2.24) is 0 Å². The number of hydrogen-bond acceptors (Lipinski definition) is 2. The van der Waals surface area contributed by atoms with Crippen molar-refractivity contribution in [3.8, 4) is 0 Å². The summed E-state index contributed by atoms with van der Waals surface area (Å²) in [5, 5.41) is 0. The summed E-state index contributed by atoms with van der Waals surface area (Å²) in [6.45, 7) is 6.82. The van der Waals surface area contributed by atoms with Crippen LogP contribution in [0, 0.1) is 12.8 Å². The number of esters is 1. The van der Waals surface area contributed by atoms with Gasteiger partial charge in [-0.05, 0) is 30.4 Å². The van der Waals surface area contributed by atoms with E-state index in [9.17, 15) is 4.79 Å². The van der Waals surface area contributed by atoms with Crippen molar-refractivity contribution in [1.29, 1.82) is 0 Å². The number of aryl methyl sites for hydroxylation is 1. The molecule has 94 valence electrons. The van der Waals surface area contributed by atoms with Crippen LogP contribution in [0.15, 0.2) is 24.3 Å². The highest BCUT2D eigenvalue weighted by Gasteiger charge is 2.09. The molecule has 0 aliphatic carbocycles. The highest BCUT2D eigenvalue weighted by atomic mass is 16.5. The van der Waals surface area contributed by atoms with Crippen molar-refractivity contribution in [2.45, 2.75) is 40.0 Å². The summed E-state index contributed by atoms with van der Waals surface area (Å²) < 4.78 is 5.28. The first-order valence-corrected chi connectivity index (χ1v) is 6.33. The van der Waals surface area contributed by atoms with Crippen molar-refractivity contribution in [2.24, 2.45) is 5.92 Å². The molecule has 0 radical (unpaired) electrons. The van der Waals surface area contributed by atoms with E-state index in [1.54, 1.807) is 0 Å². The first-order valence-electron chi connectivity index (χ1n) is 6.33. The van der Waals surface area contributed by atoms with Crippen LogP contribution < -0.4 is 0 Å². The molecule has 0 aliphatic rings. The fourth-order valence-electron chi connectivity index (χ4n) is 1.83. The van der Waals surface area contributed by atoms with E-state index < -0.39 is 0 Å². The minimum Gasteiger partial charge on any atom is -0.465 e. The van der Waals surface area contributed by atoms with E-state index >= 15 is 0 Å². The van der Waals surface area contributed by atoms with Crippen molar-refractivity contribution < 1.29 is 9.53 Å². The smallest absolute Gasteiger partial charge is 0.310 e. The number of rotatable bonds is 6. The second-order valence-corrected chi connectivity index (χ2v) is 4.68. The van der Waals surface area contributed by atoms with Gasteiger partial charge in [-0.15, -0.1) is 0 Å². The van der Waals surface area contributed by atoms with Gasteiger partial charge in [0.05, 0.1) is 13.0 Å². The standard InChI is InChI=1S/C15H22O2/c1-4-7-12(2)11-17-15(16)10-14-9-6-5-8-13(14)3/h5-6,8-9,12H,4,7,10-11H2,1-3H3. The van der Waals surface area contributed by atoms with Crippen molar-refractivity contribution in [3.05, 3.63) is 35.4 Å². The second kappa shape index (κ2) is 7.10. The van der Waals surface area contributed by atoms with Gasteiger partial charge in [0.2, 0.25) is 0 Å². The van der Waals surface area contributed by atoms with E-state index in [4.69, 9.17) is 4.74 Å². The van der Waals surface area contributed by atoms with Crippen LogP contribution in [0.25, 0.3) is 0 Å². The van der Waals surface area contributed by atoms with Crippen molar-refractivity contribution in [2.75, 3.05) is 6.61 Å². The zero-order chi connectivity index (χ0) is 12.7. The Labute approximate surface area is 104 Å². The molecule has 0 heterocycles. The van der Waals surface area contributed by atoms with Gasteiger partial charge in [-0.25, -0.2) is 0 Å². The molecule has 2 heteroatoms. The molecule has 1 unspecified atom stereocenters. The molecule has 1 aromatic carbocycles. The van der Waals surface area contributed by atoms with E-state index in [0.717, 1.165) is 24.0 Å². The first kappa shape index (κ1) is 13.8. The summed E-state index contributed by atoms with van der Waals surface area (Å²) in [6.07, 6.45) is 2.62. The van der Waals surface area contributed by atoms with Gasteiger partial charge in [0.25, 0.3) is 0 Å². The average molecular weight is 234 g/mol. The van der Waals surface area contributed by atoms with Crippen LogP contribution in [0.5, 0.6) is 0 Å². The predicted octanol–water partition coefficient (Wildman–Crippen LogP) is 3.52. The van der Waals surface area contributed by atoms with Crippen molar-refractivity contribution in [3.63, 3.8) is 0 Å². The zero-order valence-corrected chi connectivity index (χ0v) is 11.0. The Balaban J connectivity index is 2.37. The molecular formula is C15H22O2. The second-order valence-electron chi connectivity index (χ2n) is 4.68. The van der Waals surface area contributed by atoms with Gasteiger partial charge >= 0.3 is 5.97 Å². The van der Waals surface area contributed by atoms with Crippen LogP contribution in [-0.4, -0.2) is 12.6 Å². The first-order chi connectivity index (χ1) is 8.13. The highest BCUT2D eigenvalue weighted by molar-refractivity contribution is 5.73. The fraction of sp³-hybridized carbons (Fsp3) is 0.533. The monoisotopic (exact) mass is 234 g/mol. The molecule has 17 heavy (non-hydrogen) atoms. The number of carbonyl (C=O) groups excluding carboxylic acids is 1. The Morgan fingerprint density at radius 1 is 1.35 bits per heavy atom. The predicted molar refractivity (Wildman–Crippen MR) is 69.9 cm³/mol. The third kappa shape index (κ3) is 5.03. The lowest BCUT2D eigenvalue weighted by Crippen LogP contribution is -2.14. The normalized spacial score (nSPS) is 12.2. The van der Waals surface area contributed by atoms with E-state index in [2.05, 4.69) is 13.8 Å². The van der Waals surface area contributed by atoms with E-state index in [1.165, 1.54) is 0 Å². The summed E-state index contributed by atoms with van der Waals surface area (Å²) >= 11 is 0.